The first-order valence-corrected chi connectivity index (χ1v) is 6.26. The molecule has 0 aliphatic rings. The molecule has 1 rings (SSSR count). The lowest BCUT2D eigenvalue weighted by Gasteiger charge is -2.27. The Morgan fingerprint density at radius 1 is 1.33 bits per heavy atom. The second-order valence-corrected chi connectivity index (χ2v) is 4.03. The van der Waals surface area contributed by atoms with E-state index in [1.54, 1.807) is 6.20 Å². The van der Waals surface area contributed by atoms with Crippen LogP contribution in [0.1, 0.15) is 31.0 Å². The standard InChI is InChI=1S/C13H23N3O2/c1-5-17-13(18-6-2)11(15-4)10-7-9(3)8-16-12(10)14/h7-8,11,13,15H,5-6H2,1-4H3,(H2,14,16). The van der Waals surface area contributed by atoms with Crippen molar-refractivity contribution in [2.75, 3.05) is 26.0 Å². The summed E-state index contributed by atoms with van der Waals surface area (Å²) >= 11 is 0. The van der Waals surface area contributed by atoms with Crippen LogP contribution in [0.15, 0.2) is 12.3 Å². The van der Waals surface area contributed by atoms with Crippen molar-refractivity contribution in [2.45, 2.75) is 33.1 Å². The van der Waals surface area contributed by atoms with Gasteiger partial charge < -0.3 is 20.5 Å². The smallest absolute Gasteiger partial charge is 0.176 e. The predicted octanol–water partition coefficient (Wildman–Crippen LogP) is 1.63. The van der Waals surface area contributed by atoms with E-state index in [9.17, 15) is 0 Å². The zero-order valence-corrected chi connectivity index (χ0v) is 11.6. The first-order chi connectivity index (χ1) is 8.63. The van der Waals surface area contributed by atoms with Crippen LogP contribution < -0.4 is 11.1 Å². The van der Waals surface area contributed by atoms with E-state index in [0.717, 1.165) is 11.1 Å². The Morgan fingerprint density at radius 2 is 1.94 bits per heavy atom. The Labute approximate surface area is 109 Å². The molecule has 0 aliphatic heterocycles. The Kier molecular flexibility index (Phi) is 6.04. The molecule has 1 aromatic rings. The molecule has 18 heavy (non-hydrogen) atoms. The lowest BCUT2D eigenvalue weighted by atomic mass is 10.1. The van der Waals surface area contributed by atoms with Gasteiger partial charge in [0.2, 0.25) is 0 Å². The van der Waals surface area contributed by atoms with Gasteiger partial charge in [0.05, 0.1) is 6.04 Å². The minimum absolute atomic E-state index is 0.128. The molecule has 102 valence electrons. The molecule has 1 unspecified atom stereocenters. The van der Waals surface area contributed by atoms with Crippen LogP contribution in [0, 0.1) is 6.92 Å². The van der Waals surface area contributed by atoms with Gasteiger partial charge in [0.1, 0.15) is 5.82 Å². The fourth-order valence-electron chi connectivity index (χ4n) is 1.86. The van der Waals surface area contributed by atoms with E-state index in [-0.39, 0.29) is 12.3 Å². The van der Waals surface area contributed by atoms with Gasteiger partial charge in [-0.05, 0) is 39.4 Å². The monoisotopic (exact) mass is 253 g/mol. The van der Waals surface area contributed by atoms with Crippen molar-refractivity contribution in [2.24, 2.45) is 0 Å². The summed E-state index contributed by atoms with van der Waals surface area (Å²) < 4.78 is 11.2. The molecule has 0 saturated carbocycles. The van der Waals surface area contributed by atoms with Crippen LogP contribution in [-0.4, -0.2) is 31.5 Å². The van der Waals surface area contributed by atoms with Crippen LogP contribution >= 0.6 is 0 Å². The van der Waals surface area contributed by atoms with Crippen molar-refractivity contribution >= 4 is 5.82 Å². The number of nitrogens with one attached hydrogen (secondary N) is 1. The fourth-order valence-corrected chi connectivity index (χ4v) is 1.86. The van der Waals surface area contributed by atoms with Crippen LogP contribution in [0.3, 0.4) is 0 Å². The van der Waals surface area contributed by atoms with Crippen molar-refractivity contribution in [3.05, 3.63) is 23.4 Å². The minimum Gasteiger partial charge on any atom is -0.383 e. The summed E-state index contributed by atoms with van der Waals surface area (Å²) in [6.07, 6.45) is 1.39. The lowest BCUT2D eigenvalue weighted by molar-refractivity contribution is -0.154. The van der Waals surface area contributed by atoms with Gasteiger partial charge in [-0.3, -0.25) is 0 Å². The van der Waals surface area contributed by atoms with Crippen LogP contribution in [-0.2, 0) is 9.47 Å². The van der Waals surface area contributed by atoms with Crippen molar-refractivity contribution < 1.29 is 9.47 Å². The number of anilines is 1. The normalized spacial score (nSPS) is 12.9. The number of hydrogen-bond donors (Lipinski definition) is 2. The first-order valence-electron chi connectivity index (χ1n) is 6.26. The highest BCUT2D eigenvalue weighted by atomic mass is 16.7. The van der Waals surface area contributed by atoms with E-state index in [4.69, 9.17) is 15.2 Å². The van der Waals surface area contributed by atoms with Gasteiger partial charge in [-0.1, -0.05) is 0 Å². The van der Waals surface area contributed by atoms with E-state index in [2.05, 4.69) is 10.3 Å². The van der Waals surface area contributed by atoms with Crippen molar-refractivity contribution in [3.8, 4) is 0 Å². The SMILES string of the molecule is CCOC(OCC)C(NC)c1cc(C)cnc1N. The summed E-state index contributed by atoms with van der Waals surface area (Å²) in [7, 11) is 1.86. The number of hydrogen-bond acceptors (Lipinski definition) is 5. The maximum Gasteiger partial charge on any atom is 0.176 e. The van der Waals surface area contributed by atoms with Gasteiger partial charge in [-0.15, -0.1) is 0 Å². The zero-order chi connectivity index (χ0) is 13.5. The van der Waals surface area contributed by atoms with Gasteiger partial charge >= 0.3 is 0 Å². The third-order valence-corrected chi connectivity index (χ3v) is 2.67. The highest BCUT2D eigenvalue weighted by molar-refractivity contribution is 5.43. The molecule has 0 amide bonds. The largest absolute Gasteiger partial charge is 0.383 e. The summed E-state index contributed by atoms with van der Waals surface area (Å²) in [4.78, 5) is 4.18. The highest BCUT2D eigenvalue weighted by Crippen LogP contribution is 2.24. The maximum absolute atomic E-state index is 5.93. The Balaban J connectivity index is 3.01. The molecule has 0 aromatic carbocycles. The summed E-state index contributed by atoms with van der Waals surface area (Å²) in [5.41, 5.74) is 7.90. The molecule has 1 aromatic heterocycles. The van der Waals surface area contributed by atoms with Crippen LogP contribution in [0.5, 0.6) is 0 Å². The summed E-state index contributed by atoms with van der Waals surface area (Å²) in [5.74, 6) is 0.504. The molecule has 0 aliphatic carbocycles. The summed E-state index contributed by atoms with van der Waals surface area (Å²) in [6, 6.07) is 1.88. The average molecular weight is 253 g/mol. The van der Waals surface area contributed by atoms with Crippen LogP contribution in [0.2, 0.25) is 0 Å². The number of nitrogen functional groups attached to an aromatic ring is 1. The Morgan fingerprint density at radius 3 is 2.44 bits per heavy atom. The minimum atomic E-state index is -0.365. The third-order valence-electron chi connectivity index (χ3n) is 2.67. The number of pyridine rings is 1. The number of rotatable bonds is 7. The number of nitrogens with zero attached hydrogens (tertiary/aromatic N) is 1. The van der Waals surface area contributed by atoms with E-state index < -0.39 is 0 Å². The van der Waals surface area contributed by atoms with Gasteiger partial charge in [-0.2, -0.15) is 0 Å². The quantitative estimate of drug-likeness (QED) is 0.723. The predicted molar refractivity (Wildman–Crippen MR) is 72.2 cm³/mol. The van der Waals surface area contributed by atoms with Crippen molar-refractivity contribution in [3.63, 3.8) is 0 Å². The molecule has 0 fully saturated rings. The third kappa shape index (κ3) is 3.66. The van der Waals surface area contributed by atoms with E-state index in [1.165, 1.54) is 0 Å². The Bertz CT molecular complexity index is 365. The van der Waals surface area contributed by atoms with Crippen LogP contribution in [0.25, 0.3) is 0 Å². The van der Waals surface area contributed by atoms with Crippen LogP contribution in [0.4, 0.5) is 5.82 Å². The molecule has 5 nitrogen and oxygen atoms in total. The van der Waals surface area contributed by atoms with E-state index in [0.29, 0.717) is 19.0 Å². The van der Waals surface area contributed by atoms with Gasteiger partial charge in [-0.25, -0.2) is 4.98 Å². The number of aromatic nitrogens is 1. The number of nitrogens with two attached hydrogens (primary N) is 1. The molecule has 5 heteroatoms. The molecule has 0 spiro atoms. The van der Waals surface area contributed by atoms with Gasteiger partial charge in [0.25, 0.3) is 0 Å². The van der Waals surface area contributed by atoms with Crippen molar-refractivity contribution in [1.82, 2.24) is 10.3 Å². The highest BCUT2D eigenvalue weighted by Gasteiger charge is 2.25. The second kappa shape index (κ2) is 7.31. The molecule has 1 heterocycles. The molecule has 1 atom stereocenters. The number of ether oxygens (including phenoxy) is 2. The van der Waals surface area contributed by atoms with E-state index >= 15 is 0 Å². The first kappa shape index (κ1) is 14.9. The second-order valence-electron chi connectivity index (χ2n) is 4.03. The summed E-state index contributed by atoms with van der Waals surface area (Å²) in [5, 5.41) is 3.19. The lowest BCUT2D eigenvalue weighted by Crippen LogP contribution is -2.34. The number of likely N-dealkylation sites (N-methyl/N-ethyl adjacent to an activating group) is 1. The average Bonchev–Trinajstić information content (AvgIpc) is 2.35. The Hall–Kier alpha value is -1.17. The molecule has 3 N–H and O–H groups in total. The van der Waals surface area contributed by atoms with Crippen molar-refractivity contribution in [1.29, 1.82) is 0 Å². The molecular weight excluding hydrogens is 230 g/mol. The zero-order valence-electron chi connectivity index (χ0n) is 11.6. The van der Waals surface area contributed by atoms with Gasteiger partial charge in [0, 0.05) is 25.0 Å². The maximum atomic E-state index is 5.93. The molecule has 0 radical (unpaired) electrons. The summed E-state index contributed by atoms with van der Waals surface area (Å²) in [6.45, 7) is 7.04. The molecular formula is C13H23N3O2. The topological polar surface area (TPSA) is 69.4 Å². The molecule has 0 bridgehead atoms. The molecule has 0 saturated heterocycles. The fraction of sp³-hybridized carbons (Fsp3) is 0.615. The van der Waals surface area contributed by atoms with Gasteiger partial charge in [0.15, 0.2) is 6.29 Å². The number of aryl methyl sites for hydroxylation is 1. The van der Waals surface area contributed by atoms with E-state index in [1.807, 2.05) is 33.9 Å².